The van der Waals surface area contributed by atoms with Crippen molar-refractivity contribution in [2.24, 2.45) is 23.7 Å². The summed E-state index contributed by atoms with van der Waals surface area (Å²) in [7, 11) is 0. The van der Waals surface area contributed by atoms with Gasteiger partial charge in [-0.25, -0.2) is 0 Å². The Balaban J connectivity index is 1.77. The number of fused-ring (bicyclic) bond motifs is 5. The van der Waals surface area contributed by atoms with Gasteiger partial charge >= 0.3 is 0 Å². The average molecular weight is 294 g/mol. The van der Waals surface area contributed by atoms with Crippen LogP contribution in [0.5, 0.6) is 0 Å². The van der Waals surface area contributed by atoms with Crippen LogP contribution in [0.2, 0.25) is 0 Å². The quantitative estimate of drug-likeness (QED) is 0.693. The number of hydrogen-bond acceptors (Lipinski definition) is 2. The van der Waals surface area contributed by atoms with Crippen molar-refractivity contribution >= 4 is 21.7 Å². The topological polar surface area (TPSA) is 20.3 Å². The molecule has 1 heterocycles. The molecule has 1 saturated heterocycles. The molecule has 2 nitrogen and oxygen atoms in total. The van der Waals surface area contributed by atoms with Crippen molar-refractivity contribution in [2.75, 3.05) is 13.1 Å². The molecule has 0 radical (unpaired) electrons. The zero-order valence-corrected chi connectivity index (χ0v) is 11.3. The molecule has 0 aromatic rings. The lowest BCUT2D eigenvalue weighted by molar-refractivity contribution is -0.119. The summed E-state index contributed by atoms with van der Waals surface area (Å²) in [5, 5.41) is 0. The van der Waals surface area contributed by atoms with E-state index in [1.807, 2.05) is 0 Å². The van der Waals surface area contributed by atoms with E-state index in [1.54, 1.807) is 0 Å². The van der Waals surface area contributed by atoms with Crippen LogP contribution in [0.25, 0.3) is 0 Å². The highest BCUT2D eigenvalue weighted by Crippen LogP contribution is 2.57. The van der Waals surface area contributed by atoms with Gasteiger partial charge in [-0.2, -0.15) is 0 Å². The third-order valence-electron chi connectivity index (χ3n) is 4.97. The summed E-state index contributed by atoms with van der Waals surface area (Å²) < 4.78 is 0.896. The monoisotopic (exact) mass is 293 g/mol. The Hall–Kier alpha value is -0.570. The lowest BCUT2D eigenvalue weighted by atomic mass is 9.83. The van der Waals surface area contributed by atoms with Gasteiger partial charge in [-0.05, 0) is 47.0 Å². The maximum Gasteiger partial charge on any atom is 0.175 e. The Labute approximate surface area is 110 Å². The molecule has 90 valence electrons. The summed E-state index contributed by atoms with van der Waals surface area (Å²) in [6.07, 6.45) is 8.38. The van der Waals surface area contributed by atoms with Crippen LogP contribution >= 0.6 is 15.9 Å². The van der Waals surface area contributed by atoms with E-state index < -0.39 is 0 Å². The molecule has 17 heavy (non-hydrogen) atoms. The van der Waals surface area contributed by atoms with Gasteiger partial charge in [0.25, 0.3) is 0 Å². The highest BCUT2D eigenvalue weighted by Gasteiger charge is 2.55. The molecule has 0 spiro atoms. The van der Waals surface area contributed by atoms with E-state index in [1.165, 1.54) is 25.0 Å². The molecule has 1 aliphatic heterocycles. The Kier molecular flexibility index (Phi) is 2.11. The van der Waals surface area contributed by atoms with Gasteiger partial charge < -0.3 is 4.90 Å². The van der Waals surface area contributed by atoms with E-state index in [0.29, 0.717) is 23.5 Å². The van der Waals surface area contributed by atoms with E-state index in [9.17, 15) is 4.79 Å². The van der Waals surface area contributed by atoms with Crippen molar-refractivity contribution in [1.82, 2.24) is 4.90 Å². The summed E-state index contributed by atoms with van der Waals surface area (Å²) in [5.41, 5.74) is 1.34. The van der Waals surface area contributed by atoms with Gasteiger partial charge in [0.05, 0.1) is 4.48 Å². The number of Topliss-reactive ketones (excluding diaryl/α,β-unsaturated/α-hetero) is 1. The minimum Gasteiger partial charge on any atom is -0.374 e. The molecule has 0 N–H and O–H groups in total. The van der Waals surface area contributed by atoms with E-state index in [0.717, 1.165) is 17.6 Å². The van der Waals surface area contributed by atoms with Crippen LogP contribution in [0.3, 0.4) is 0 Å². The minimum absolute atomic E-state index is 0.259. The first-order valence-corrected chi connectivity index (χ1v) is 7.44. The highest BCUT2D eigenvalue weighted by atomic mass is 79.9. The van der Waals surface area contributed by atoms with Crippen LogP contribution in [0.4, 0.5) is 0 Å². The lowest BCUT2D eigenvalue weighted by Gasteiger charge is -2.29. The van der Waals surface area contributed by atoms with Crippen molar-refractivity contribution < 1.29 is 4.79 Å². The smallest absolute Gasteiger partial charge is 0.175 e. The maximum absolute atomic E-state index is 12.4. The number of allylic oxidation sites excluding steroid dienone is 4. The molecule has 1 saturated carbocycles. The van der Waals surface area contributed by atoms with Crippen molar-refractivity contribution in [2.45, 2.75) is 19.3 Å². The standard InChI is InChI=1S/C14H16BrNO/c15-12-13(16-5-1-2-6-16)10-8-3-4-9(7-8)11(10)14(12)17/h3-4,8-11H,1-2,5-7H2. The van der Waals surface area contributed by atoms with Crippen molar-refractivity contribution in [3.05, 3.63) is 22.3 Å². The molecular formula is C14H16BrNO. The van der Waals surface area contributed by atoms with Crippen LogP contribution in [0.15, 0.2) is 22.3 Å². The summed E-state index contributed by atoms with van der Waals surface area (Å²) in [6, 6.07) is 0. The third-order valence-corrected chi connectivity index (χ3v) is 5.76. The molecule has 4 unspecified atom stereocenters. The second-order valence-electron chi connectivity index (χ2n) is 5.76. The minimum atomic E-state index is 0.259. The van der Waals surface area contributed by atoms with Crippen LogP contribution in [-0.2, 0) is 4.79 Å². The molecule has 2 fully saturated rings. The predicted octanol–water partition coefficient (Wildman–Crippen LogP) is 2.71. The number of carbonyl (C=O) groups is 1. The largest absolute Gasteiger partial charge is 0.374 e. The first kappa shape index (κ1) is 10.4. The van der Waals surface area contributed by atoms with Crippen molar-refractivity contribution in [1.29, 1.82) is 0 Å². The van der Waals surface area contributed by atoms with Crippen LogP contribution in [0, 0.1) is 23.7 Å². The number of hydrogen-bond donors (Lipinski definition) is 0. The van der Waals surface area contributed by atoms with Gasteiger partial charge in [0.2, 0.25) is 0 Å². The highest BCUT2D eigenvalue weighted by molar-refractivity contribution is 9.12. The number of likely N-dealkylation sites (tertiary alicyclic amines) is 1. The van der Waals surface area contributed by atoms with E-state index >= 15 is 0 Å². The molecule has 0 amide bonds. The summed E-state index contributed by atoms with van der Waals surface area (Å²) in [4.78, 5) is 14.8. The fraction of sp³-hybridized carbons (Fsp3) is 0.643. The Morgan fingerprint density at radius 2 is 1.76 bits per heavy atom. The van der Waals surface area contributed by atoms with E-state index in [-0.39, 0.29) is 5.92 Å². The molecule has 4 aliphatic rings. The van der Waals surface area contributed by atoms with Crippen LogP contribution in [-0.4, -0.2) is 23.8 Å². The maximum atomic E-state index is 12.4. The lowest BCUT2D eigenvalue weighted by Crippen LogP contribution is -2.28. The molecular weight excluding hydrogens is 278 g/mol. The van der Waals surface area contributed by atoms with Crippen molar-refractivity contribution in [3.63, 3.8) is 0 Å². The molecule has 3 aliphatic carbocycles. The second kappa shape index (κ2) is 3.47. The molecule has 2 bridgehead atoms. The number of nitrogens with zero attached hydrogens (tertiary/aromatic N) is 1. The summed E-state index contributed by atoms with van der Waals surface area (Å²) >= 11 is 3.58. The van der Waals surface area contributed by atoms with Crippen LogP contribution < -0.4 is 0 Å². The zero-order valence-electron chi connectivity index (χ0n) is 9.73. The average Bonchev–Trinajstić information content (AvgIpc) is 3.04. The Bertz CT molecular complexity index is 447. The van der Waals surface area contributed by atoms with Crippen LogP contribution in [0.1, 0.15) is 19.3 Å². The predicted molar refractivity (Wildman–Crippen MR) is 69.5 cm³/mol. The Morgan fingerprint density at radius 1 is 1.12 bits per heavy atom. The number of ketones is 1. The third kappa shape index (κ3) is 1.24. The van der Waals surface area contributed by atoms with Crippen molar-refractivity contribution in [3.8, 4) is 0 Å². The fourth-order valence-corrected chi connectivity index (χ4v) is 5.06. The molecule has 3 heteroatoms. The molecule has 0 aromatic carbocycles. The van der Waals surface area contributed by atoms with Gasteiger partial charge in [0.1, 0.15) is 0 Å². The van der Waals surface area contributed by atoms with Gasteiger partial charge in [0.15, 0.2) is 5.78 Å². The van der Waals surface area contributed by atoms with Gasteiger partial charge in [-0.3, -0.25) is 4.79 Å². The summed E-state index contributed by atoms with van der Waals surface area (Å²) in [6.45, 7) is 2.28. The number of halogens is 1. The normalized spacial score (nSPS) is 43.1. The SMILES string of the molecule is O=C1C(Br)=C(N2CCCC2)C2C3C=CC(C3)C12. The Morgan fingerprint density at radius 3 is 2.47 bits per heavy atom. The van der Waals surface area contributed by atoms with Gasteiger partial charge in [0, 0.05) is 30.6 Å². The van der Waals surface area contributed by atoms with Gasteiger partial charge in [-0.1, -0.05) is 12.2 Å². The first-order chi connectivity index (χ1) is 8.27. The molecule has 4 rings (SSSR count). The first-order valence-electron chi connectivity index (χ1n) is 6.64. The fourth-order valence-electron chi connectivity index (χ4n) is 4.28. The number of carbonyl (C=O) groups excluding carboxylic acids is 1. The van der Waals surface area contributed by atoms with E-state index in [2.05, 4.69) is 33.0 Å². The van der Waals surface area contributed by atoms with E-state index in [4.69, 9.17) is 0 Å². The zero-order chi connectivity index (χ0) is 11.6. The van der Waals surface area contributed by atoms with Gasteiger partial charge in [-0.15, -0.1) is 0 Å². The molecule has 0 aromatic heterocycles. The number of rotatable bonds is 1. The second-order valence-corrected chi connectivity index (χ2v) is 6.55. The molecule has 4 atom stereocenters. The summed E-state index contributed by atoms with van der Waals surface area (Å²) in [5.74, 6) is 2.26.